The van der Waals surface area contributed by atoms with E-state index in [1.54, 1.807) is 14.2 Å². The summed E-state index contributed by atoms with van der Waals surface area (Å²) in [6.07, 6.45) is 7.83. The molecule has 1 atom stereocenters. The van der Waals surface area contributed by atoms with Crippen LogP contribution in [-0.2, 0) is 0 Å². The molecule has 0 spiro atoms. The Kier molecular flexibility index (Phi) is 7.81. The molecule has 3 nitrogen and oxygen atoms in total. The Morgan fingerprint density at radius 3 is 2.60 bits per heavy atom. The highest BCUT2D eigenvalue weighted by atomic mass is 16.5. The Hall–Kier alpha value is -1.48. The van der Waals surface area contributed by atoms with E-state index in [1.807, 2.05) is 25.3 Å². The van der Waals surface area contributed by atoms with Gasteiger partial charge in [0.1, 0.15) is 0 Å². The summed E-state index contributed by atoms with van der Waals surface area (Å²) in [4.78, 5) is 0. The second-order valence-electron chi connectivity index (χ2n) is 4.85. The van der Waals surface area contributed by atoms with Crippen molar-refractivity contribution in [3.8, 4) is 11.5 Å². The van der Waals surface area contributed by atoms with Crippen LogP contribution >= 0.6 is 0 Å². The smallest absolute Gasteiger partial charge is 0.165 e. The van der Waals surface area contributed by atoms with Gasteiger partial charge in [-0.2, -0.15) is 0 Å². The van der Waals surface area contributed by atoms with Gasteiger partial charge in [0, 0.05) is 11.6 Å². The van der Waals surface area contributed by atoms with Gasteiger partial charge in [-0.05, 0) is 32.4 Å². The zero-order chi connectivity index (χ0) is 14.8. The van der Waals surface area contributed by atoms with Crippen LogP contribution in [0, 0.1) is 0 Å². The average molecular weight is 277 g/mol. The molecule has 0 heterocycles. The molecule has 112 valence electrons. The maximum atomic E-state index is 5.52. The molecule has 20 heavy (non-hydrogen) atoms. The van der Waals surface area contributed by atoms with E-state index in [4.69, 9.17) is 9.47 Å². The molecule has 1 aromatic rings. The Morgan fingerprint density at radius 1 is 1.20 bits per heavy atom. The number of hydrogen-bond donors (Lipinski definition) is 1. The molecule has 1 rings (SSSR count). The first-order chi connectivity index (χ1) is 9.78. The van der Waals surface area contributed by atoms with Gasteiger partial charge in [0.25, 0.3) is 0 Å². The minimum atomic E-state index is 0.295. The number of unbranched alkanes of at least 4 members (excludes halogenated alkanes) is 3. The second-order valence-corrected chi connectivity index (χ2v) is 4.85. The third-order valence-corrected chi connectivity index (χ3v) is 3.56. The van der Waals surface area contributed by atoms with E-state index in [-0.39, 0.29) is 0 Å². The molecule has 0 aliphatic carbocycles. The number of hydrogen-bond acceptors (Lipinski definition) is 3. The highest BCUT2D eigenvalue weighted by Crippen LogP contribution is 2.36. The maximum Gasteiger partial charge on any atom is 0.165 e. The summed E-state index contributed by atoms with van der Waals surface area (Å²) in [7, 11) is 5.36. The van der Waals surface area contributed by atoms with Gasteiger partial charge in [-0.1, -0.05) is 31.1 Å². The molecule has 0 saturated heterocycles. The van der Waals surface area contributed by atoms with Crippen molar-refractivity contribution in [2.45, 2.75) is 38.1 Å². The van der Waals surface area contributed by atoms with E-state index in [2.05, 4.69) is 18.0 Å². The van der Waals surface area contributed by atoms with Crippen LogP contribution < -0.4 is 14.8 Å². The third kappa shape index (κ3) is 4.57. The topological polar surface area (TPSA) is 30.5 Å². The van der Waals surface area contributed by atoms with E-state index in [9.17, 15) is 0 Å². The highest BCUT2D eigenvalue weighted by Gasteiger charge is 2.17. The predicted molar refractivity (Wildman–Crippen MR) is 84.6 cm³/mol. The molecule has 0 aromatic heterocycles. The number of benzene rings is 1. The Bertz CT molecular complexity index is 404. The fraction of sp³-hybridized carbons (Fsp3) is 0.529. The summed E-state index contributed by atoms with van der Waals surface area (Å²) >= 11 is 0. The van der Waals surface area contributed by atoms with E-state index in [0.29, 0.717) is 6.04 Å². The van der Waals surface area contributed by atoms with Crippen molar-refractivity contribution in [2.75, 3.05) is 21.3 Å². The summed E-state index contributed by atoms with van der Waals surface area (Å²) in [5, 5.41) is 3.38. The zero-order valence-electron chi connectivity index (χ0n) is 12.9. The number of nitrogens with one attached hydrogen (secondary N) is 1. The molecular weight excluding hydrogens is 250 g/mol. The lowest BCUT2D eigenvalue weighted by Crippen LogP contribution is -2.17. The Morgan fingerprint density at radius 2 is 2.00 bits per heavy atom. The molecule has 0 amide bonds. The monoisotopic (exact) mass is 277 g/mol. The van der Waals surface area contributed by atoms with Gasteiger partial charge in [0.2, 0.25) is 0 Å². The summed E-state index contributed by atoms with van der Waals surface area (Å²) in [6.45, 7) is 3.76. The Balaban J connectivity index is 2.71. The molecule has 0 fully saturated rings. The minimum Gasteiger partial charge on any atom is -0.493 e. The van der Waals surface area contributed by atoms with Crippen molar-refractivity contribution in [3.63, 3.8) is 0 Å². The van der Waals surface area contributed by atoms with Gasteiger partial charge in [-0.15, -0.1) is 6.58 Å². The molecule has 0 aliphatic rings. The Labute approximate surface area is 123 Å². The molecule has 1 aromatic carbocycles. The molecule has 0 aliphatic heterocycles. The molecule has 1 N–H and O–H groups in total. The van der Waals surface area contributed by atoms with Crippen molar-refractivity contribution in [1.29, 1.82) is 0 Å². The minimum absolute atomic E-state index is 0.295. The highest BCUT2D eigenvalue weighted by molar-refractivity contribution is 5.48. The molecule has 1 unspecified atom stereocenters. The maximum absolute atomic E-state index is 5.52. The van der Waals surface area contributed by atoms with E-state index < -0.39 is 0 Å². The quantitative estimate of drug-likeness (QED) is 0.516. The van der Waals surface area contributed by atoms with Gasteiger partial charge in [0.15, 0.2) is 11.5 Å². The number of para-hydroxylation sites is 1. The van der Waals surface area contributed by atoms with Gasteiger partial charge in [-0.3, -0.25) is 0 Å². The predicted octanol–water partition coefficient (Wildman–Crippen LogP) is 4.10. The third-order valence-electron chi connectivity index (χ3n) is 3.56. The van der Waals surface area contributed by atoms with Gasteiger partial charge in [-0.25, -0.2) is 0 Å². The van der Waals surface area contributed by atoms with Crippen molar-refractivity contribution >= 4 is 0 Å². The lowest BCUT2D eigenvalue weighted by Gasteiger charge is -2.20. The normalized spacial score (nSPS) is 11.9. The first kappa shape index (κ1) is 16.6. The largest absolute Gasteiger partial charge is 0.493 e. The van der Waals surface area contributed by atoms with Crippen molar-refractivity contribution in [1.82, 2.24) is 5.32 Å². The fourth-order valence-corrected chi connectivity index (χ4v) is 2.46. The summed E-state index contributed by atoms with van der Waals surface area (Å²) in [5.74, 6) is 1.62. The van der Waals surface area contributed by atoms with Gasteiger partial charge >= 0.3 is 0 Å². The molecule has 0 bridgehead atoms. The lowest BCUT2D eigenvalue weighted by atomic mass is 9.99. The second kappa shape index (κ2) is 9.43. The van der Waals surface area contributed by atoms with Crippen LogP contribution in [-0.4, -0.2) is 21.3 Å². The number of rotatable bonds is 10. The molecular formula is C17H27NO2. The van der Waals surface area contributed by atoms with Gasteiger partial charge in [0.05, 0.1) is 14.2 Å². The van der Waals surface area contributed by atoms with Crippen molar-refractivity contribution < 1.29 is 9.47 Å². The first-order valence-corrected chi connectivity index (χ1v) is 7.27. The van der Waals surface area contributed by atoms with E-state index in [0.717, 1.165) is 29.9 Å². The van der Waals surface area contributed by atoms with Crippen LogP contribution in [0.25, 0.3) is 0 Å². The SMILES string of the molecule is C=CCCCCCC(NC)c1cccc(OC)c1OC. The molecule has 3 heteroatoms. The van der Waals surface area contributed by atoms with E-state index >= 15 is 0 Å². The van der Waals surface area contributed by atoms with Crippen LogP contribution in [0.2, 0.25) is 0 Å². The van der Waals surface area contributed by atoms with Crippen LogP contribution in [0.4, 0.5) is 0 Å². The average Bonchev–Trinajstić information content (AvgIpc) is 2.50. The summed E-state index contributed by atoms with van der Waals surface area (Å²) in [5.41, 5.74) is 1.16. The number of allylic oxidation sites excluding steroid dienone is 1. The van der Waals surface area contributed by atoms with E-state index in [1.165, 1.54) is 19.3 Å². The number of methoxy groups -OCH3 is 2. The van der Waals surface area contributed by atoms with Crippen molar-refractivity contribution in [3.05, 3.63) is 36.4 Å². The number of ether oxygens (including phenoxy) is 2. The summed E-state index contributed by atoms with van der Waals surface area (Å²) in [6, 6.07) is 6.34. The van der Waals surface area contributed by atoms with Crippen LogP contribution in [0.5, 0.6) is 11.5 Å². The van der Waals surface area contributed by atoms with Gasteiger partial charge < -0.3 is 14.8 Å². The van der Waals surface area contributed by atoms with Crippen molar-refractivity contribution in [2.24, 2.45) is 0 Å². The van der Waals surface area contributed by atoms with Crippen LogP contribution in [0.15, 0.2) is 30.9 Å². The lowest BCUT2D eigenvalue weighted by molar-refractivity contribution is 0.345. The zero-order valence-corrected chi connectivity index (χ0v) is 12.9. The molecule has 0 saturated carbocycles. The standard InChI is InChI=1S/C17H27NO2/c1-5-6-7-8-9-12-15(18-2)14-11-10-13-16(19-3)17(14)20-4/h5,10-11,13,15,18H,1,6-9,12H2,2-4H3. The first-order valence-electron chi connectivity index (χ1n) is 7.27. The molecule has 0 radical (unpaired) electrons. The summed E-state index contributed by atoms with van der Waals surface area (Å²) < 4.78 is 10.9. The fourth-order valence-electron chi connectivity index (χ4n) is 2.46. The van der Waals surface area contributed by atoms with Crippen LogP contribution in [0.1, 0.15) is 43.7 Å². The van der Waals surface area contributed by atoms with Crippen LogP contribution in [0.3, 0.4) is 0 Å².